The Kier molecular flexibility index (Phi) is 6.11. The van der Waals surface area contributed by atoms with Crippen LogP contribution in [0.4, 0.5) is 5.69 Å². The van der Waals surface area contributed by atoms with Crippen LogP contribution < -0.4 is 10.0 Å². The van der Waals surface area contributed by atoms with Gasteiger partial charge in [-0.1, -0.05) is 78.9 Å². The van der Waals surface area contributed by atoms with Crippen molar-refractivity contribution >= 4 is 21.6 Å². The van der Waals surface area contributed by atoms with Crippen molar-refractivity contribution in [1.29, 1.82) is 0 Å². The van der Waals surface area contributed by atoms with Crippen LogP contribution in [0.15, 0.2) is 84.9 Å². The monoisotopic (exact) mass is 394 g/mol. The summed E-state index contributed by atoms with van der Waals surface area (Å²) in [5.41, 5.74) is 2.95. The summed E-state index contributed by atoms with van der Waals surface area (Å²) in [7, 11) is -3.40. The number of rotatable bonds is 7. The standard InChI is InChI=1S/C22H22N2O3S/c1-28(26,27)24-20-15-9-8-14-19(20)16-23-22(25)21(17-10-4-2-5-11-17)18-12-6-3-7-13-18/h2-15,21,24H,16H2,1H3,(H,23,25). The van der Waals surface area contributed by atoms with Crippen LogP contribution in [0, 0.1) is 0 Å². The van der Waals surface area contributed by atoms with Crippen molar-refractivity contribution in [2.45, 2.75) is 12.5 Å². The smallest absolute Gasteiger partial charge is 0.232 e. The predicted octanol–water partition coefficient (Wildman–Crippen LogP) is 3.51. The second-order valence-electron chi connectivity index (χ2n) is 6.50. The summed E-state index contributed by atoms with van der Waals surface area (Å²) >= 11 is 0. The Morgan fingerprint density at radius 1 is 0.821 bits per heavy atom. The van der Waals surface area contributed by atoms with Gasteiger partial charge in [-0.15, -0.1) is 0 Å². The summed E-state index contributed by atoms with van der Waals surface area (Å²) in [6.07, 6.45) is 1.10. The molecule has 0 radical (unpaired) electrons. The number of hydrogen-bond donors (Lipinski definition) is 2. The minimum atomic E-state index is -3.40. The molecular weight excluding hydrogens is 372 g/mol. The van der Waals surface area contributed by atoms with Crippen LogP contribution in [0.5, 0.6) is 0 Å². The molecule has 2 N–H and O–H groups in total. The van der Waals surface area contributed by atoms with Gasteiger partial charge in [0, 0.05) is 6.54 Å². The Balaban J connectivity index is 1.83. The SMILES string of the molecule is CS(=O)(=O)Nc1ccccc1CNC(=O)C(c1ccccc1)c1ccccc1. The summed E-state index contributed by atoms with van der Waals surface area (Å²) in [6, 6.07) is 26.2. The van der Waals surface area contributed by atoms with Crippen molar-refractivity contribution in [2.24, 2.45) is 0 Å². The van der Waals surface area contributed by atoms with E-state index in [4.69, 9.17) is 0 Å². The maximum absolute atomic E-state index is 13.1. The summed E-state index contributed by atoms with van der Waals surface area (Å²) in [4.78, 5) is 13.1. The topological polar surface area (TPSA) is 75.3 Å². The number of nitrogens with one attached hydrogen (secondary N) is 2. The fraction of sp³-hybridized carbons (Fsp3) is 0.136. The maximum Gasteiger partial charge on any atom is 0.232 e. The number of anilines is 1. The number of carbonyl (C=O) groups is 1. The minimum Gasteiger partial charge on any atom is -0.351 e. The zero-order valence-electron chi connectivity index (χ0n) is 15.5. The Bertz CT molecular complexity index is 996. The van der Waals surface area contributed by atoms with E-state index in [9.17, 15) is 13.2 Å². The average Bonchev–Trinajstić information content (AvgIpc) is 2.68. The van der Waals surface area contributed by atoms with Crippen LogP contribution in [-0.2, 0) is 21.4 Å². The Hall–Kier alpha value is -3.12. The van der Waals surface area contributed by atoms with Crippen LogP contribution >= 0.6 is 0 Å². The molecule has 0 heterocycles. The lowest BCUT2D eigenvalue weighted by Crippen LogP contribution is -2.30. The average molecular weight is 394 g/mol. The van der Waals surface area contributed by atoms with E-state index in [1.165, 1.54) is 0 Å². The molecule has 0 saturated heterocycles. The van der Waals surface area contributed by atoms with E-state index in [0.717, 1.165) is 17.4 Å². The first kappa shape index (κ1) is 19.6. The second kappa shape index (κ2) is 8.71. The summed E-state index contributed by atoms with van der Waals surface area (Å²) in [5.74, 6) is -0.594. The molecular formula is C22H22N2O3S. The molecule has 6 heteroatoms. The highest BCUT2D eigenvalue weighted by Crippen LogP contribution is 2.25. The lowest BCUT2D eigenvalue weighted by atomic mass is 9.90. The summed E-state index contributed by atoms with van der Waals surface area (Å²) in [6.45, 7) is 0.216. The molecule has 0 atom stereocenters. The Morgan fingerprint density at radius 2 is 1.32 bits per heavy atom. The zero-order chi connectivity index (χ0) is 20.0. The van der Waals surface area contributed by atoms with Crippen LogP contribution in [0.25, 0.3) is 0 Å². The Morgan fingerprint density at radius 3 is 1.86 bits per heavy atom. The molecule has 0 saturated carbocycles. The van der Waals surface area contributed by atoms with E-state index in [-0.39, 0.29) is 12.5 Å². The molecule has 0 aliphatic heterocycles. The second-order valence-corrected chi connectivity index (χ2v) is 8.25. The molecule has 0 aliphatic carbocycles. The first-order valence-electron chi connectivity index (χ1n) is 8.87. The number of amides is 1. The molecule has 3 rings (SSSR count). The highest BCUT2D eigenvalue weighted by molar-refractivity contribution is 7.92. The van der Waals surface area contributed by atoms with Crippen molar-refractivity contribution in [3.63, 3.8) is 0 Å². The number of hydrogen-bond acceptors (Lipinski definition) is 3. The van der Waals surface area contributed by atoms with Crippen LogP contribution in [0.2, 0.25) is 0 Å². The molecule has 5 nitrogen and oxygen atoms in total. The summed E-state index contributed by atoms with van der Waals surface area (Å²) < 4.78 is 25.6. The Labute approximate surface area is 165 Å². The van der Waals surface area contributed by atoms with Gasteiger partial charge in [-0.25, -0.2) is 8.42 Å². The minimum absolute atomic E-state index is 0.147. The van der Waals surface area contributed by atoms with E-state index in [1.807, 2.05) is 60.7 Å². The van der Waals surface area contributed by atoms with Gasteiger partial charge in [0.15, 0.2) is 0 Å². The van der Waals surface area contributed by atoms with E-state index < -0.39 is 15.9 Å². The van der Waals surface area contributed by atoms with Gasteiger partial charge in [0.05, 0.1) is 17.9 Å². The molecule has 0 aromatic heterocycles. The molecule has 0 unspecified atom stereocenters. The molecule has 0 spiro atoms. The van der Waals surface area contributed by atoms with Gasteiger partial charge in [0.25, 0.3) is 0 Å². The van der Waals surface area contributed by atoms with Gasteiger partial charge >= 0.3 is 0 Å². The van der Waals surface area contributed by atoms with E-state index in [2.05, 4.69) is 10.0 Å². The van der Waals surface area contributed by atoms with E-state index >= 15 is 0 Å². The largest absolute Gasteiger partial charge is 0.351 e. The molecule has 144 valence electrons. The first-order valence-corrected chi connectivity index (χ1v) is 10.8. The maximum atomic E-state index is 13.1. The van der Waals surface area contributed by atoms with Crippen LogP contribution in [0.3, 0.4) is 0 Å². The van der Waals surface area contributed by atoms with Gasteiger partial charge in [-0.2, -0.15) is 0 Å². The normalized spacial score (nSPS) is 11.2. The highest BCUT2D eigenvalue weighted by Gasteiger charge is 2.22. The van der Waals surface area contributed by atoms with Gasteiger partial charge < -0.3 is 5.32 Å². The third-order valence-corrected chi connectivity index (χ3v) is 4.88. The van der Waals surface area contributed by atoms with Crippen molar-refractivity contribution in [2.75, 3.05) is 11.0 Å². The van der Waals surface area contributed by atoms with E-state index in [1.54, 1.807) is 24.3 Å². The van der Waals surface area contributed by atoms with Gasteiger partial charge in [-0.05, 0) is 22.8 Å². The third-order valence-electron chi connectivity index (χ3n) is 4.29. The molecule has 3 aromatic carbocycles. The number of para-hydroxylation sites is 1. The predicted molar refractivity (Wildman–Crippen MR) is 111 cm³/mol. The quantitative estimate of drug-likeness (QED) is 0.644. The van der Waals surface area contributed by atoms with Crippen molar-refractivity contribution in [1.82, 2.24) is 5.32 Å². The third kappa shape index (κ3) is 5.20. The number of benzene rings is 3. The molecule has 3 aromatic rings. The number of sulfonamides is 1. The lowest BCUT2D eigenvalue weighted by Gasteiger charge is -2.19. The molecule has 0 aliphatic rings. The van der Waals surface area contributed by atoms with E-state index in [0.29, 0.717) is 11.3 Å². The van der Waals surface area contributed by atoms with Crippen molar-refractivity contribution < 1.29 is 13.2 Å². The lowest BCUT2D eigenvalue weighted by molar-refractivity contribution is -0.121. The van der Waals surface area contributed by atoms with Crippen LogP contribution in [-0.4, -0.2) is 20.6 Å². The van der Waals surface area contributed by atoms with Crippen molar-refractivity contribution in [3.05, 3.63) is 102 Å². The molecule has 0 fully saturated rings. The molecule has 0 bridgehead atoms. The molecule has 1 amide bonds. The molecule has 28 heavy (non-hydrogen) atoms. The van der Waals surface area contributed by atoms with Crippen molar-refractivity contribution in [3.8, 4) is 0 Å². The number of carbonyl (C=O) groups excluding carboxylic acids is 1. The zero-order valence-corrected chi connectivity index (χ0v) is 16.3. The first-order chi connectivity index (χ1) is 13.4. The highest BCUT2D eigenvalue weighted by atomic mass is 32.2. The fourth-order valence-corrected chi connectivity index (χ4v) is 3.64. The van der Waals surface area contributed by atoms with Gasteiger partial charge in [-0.3, -0.25) is 9.52 Å². The summed E-state index contributed by atoms with van der Waals surface area (Å²) in [5, 5.41) is 2.95. The fourth-order valence-electron chi connectivity index (χ4n) is 3.04. The van der Waals surface area contributed by atoms with Gasteiger partial charge in [0.2, 0.25) is 15.9 Å². The van der Waals surface area contributed by atoms with Gasteiger partial charge in [0.1, 0.15) is 0 Å². The van der Waals surface area contributed by atoms with Crippen LogP contribution in [0.1, 0.15) is 22.6 Å².